The summed E-state index contributed by atoms with van der Waals surface area (Å²) in [5.74, 6) is 0.492. The summed E-state index contributed by atoms with van der Waals surface area (Å²) in [6.45, 7) is 0. The van der Waals surface area contributed by atoms with Crippen molar-refractivity contribution in [3.63, 3.8) is 0 Å². The molecule has 0 amide bonds. The predicted molar refractivity (Wildman–Crippen MR) is 88.4 cm³/mol. The van der Waals surface area contributed by atoms with Crippen LogP contribution in [0.15, 0.2) is 57.7 Å². The van der Waals surface area contributed by atoms with Gasteiger partial charge in [-0.3, -0.25) is 9.13 Å². The Kier molecular flexibility index (Phi) is 2.92. The van der Waals surface area contributed by atoms with Crippen LogP contribution in [0.3, 0.4) is 0 Å². The molecule has 5 nitrogen and oxygen atoms in total. The lowest BCUT2D eigenvalue weighted by Gasteiger charge is -2.08. The maximum absolute atomic E-state index is 12.0. The Balaban J connectivity index is 1.84. The van der Waals surface area contributed by atoms with Crippen LogP contribution >= 0.6 is 0 Å². The number of aromatic nitrogens is 2. The number of hydrogen-bond acceptors (Lipinski definition) is 3. The quantitative estimate of drug-likeness (QED) is 0.619. The standard InChI is InChI=1S/C18H16N2O3/c1-19-13-8-7-12(9-14(13)20(2)18(19)22)17(21)16-10-11-5-3-4-6-15(11)23-16/h3-10,17,21H,1-2H3/t17-/m0/s1. The molecular formula is C18H16N2O3. The summed E-state index contributed by atoms with van der Waals surface area (Å²) in [6, 6.07) is 15.0. The monoisotopic (exact) mass is 308 g/mol. The topological polar surface area (TPSA) is 60.3 Å². The van der Waals surface area contributed by atoms with Gasteiger partial charge in [-0.15, -0.1) is 0 Å². The van der Waals surface area contributed by atoms with Crippen LogP contribution < -0.4 is 5.69 Å². The lowest BCUT2D eigenvalue weighted by Crippen LogP contribution is -2.19. The van der Waals surface area contributed by atoms with Crippen LogP contribution in [-0.4, -0.2) is 14.2 Å². The highest BCUT2D eigenvalue weighted by Crippen LogP contribution is 2.29. The van der Waals surface area contributed by atoms with Gasteiger partial charge in [0.05, 0.1) is 11.0 Å². The summed E-state index contributed by atoms with van der Waals surface area (Å²) in [5, 5.41) is 11.6. The molecule has 5 heteroatoms. The first-order valence-electron chi connectivity index (χ1n) is 7.38. The van der Waals surface area contributed by atoms with Crippen LogP contribution in [0.1, 0.15) is 17.4 Å². The lowest BCUT2D eigenvalue weighted by molar-refractivity contribution is 0.192. The van der Waals surface area contributed by atoms with E-state index in [0.717, 1.165) is 22.0 Å². The molecule has 1 N–H and O–H groups in total. The molecule has 23 heavy (non-hydrogen) atoms. The zero-order valence-electron chi connectivity index (χ0n) is 12.9. The number of imidazole rings is 1. The molecular weight excluding hydrogens is 292 g/mol. The van der Waals surface area contributed by atoms with Crippen molar-refractivity contribution in [2.75, 3.05) is 0 Å². The summed E-state index contributed by atoms with van der Waals surface area (Å²) < 4.78 is 8.90. The second-order valence-electron chi connectivity index (χ2n) is 5.74. The van der Waals surface area contributed by atoms with Gasteiger partial charge < -0.3 is 9.52 Å². The second-order valence-corrected chi connectivity index (χ2v) is 5.74. The third kappa shape index (κ3) is 2.01. The fourth-order valence-corrected chi connectivity index (χ4v) is 3.00. The summed E-state index contributed by atoms with van der Waals surface area (Å²) in [5.41, 5.74) is 2.96. The highest BCUT2D eigenvalue weighted by molar-refractivity contribution is 5.79. The van der Waals surface area contributed by atoms with Crippen LogP contribution in [0.4, 0.5) is 0 Å². The third-order valence-corrected chi connectivity index (χ3v) is 4.33. The number of furan rings is 1. The van der Waals surface area contributed by atoms with Crippen molar-refractivity contribution in [3.05, 3.63) is 70.3 Å². The first kappa shape index (κ1) is 13.8. The normalized spacial score (nSPS) is 13.0. The highest BCUT2D eigenvalue weighted by Gasteiger charge is 2.17. The third-order valence-electron chi connectivity index (χ3n) is 4.33. The second kappa shape index (κ2) is 4.86. The summed E-state index contributed by atoms with van der Waals surface area (Å²) >= 11 is 0. The van der Waals surface area contributed by atoms with E-state index in [4.69, 9.17) is 4.42 Å². The molecule has 0 fully saturated rings. The van der Waals surface area contributed by atoms with Crippen molar-refractivity contribution in [2.45, 2.75) is 6.10 Å². The Labute approximate surface area is 132 Å². The van der Waals surface area contributed by atoms with Crippen LogP contribution in [0, 0.1) is 0 Å². The van der Waals surface area contributed by atoms with E-state index in [2.05, 4.69) is 0 Å². The fraction of sp³-hybridized carbons (Fsp3) is 0.167. The average Bonchev–Trinajstić information content (AvgIpc) is 3.10. The first-order valence-corrected chi connectivity index (χ1v) is 7.38. The molecule has 2 aromatic carbocycles. The fourth-order valence-electron chi connectivity index (χ4n) is 3.00. The van der Waals surface area contributed by atoms with Crippen molar-refractivity contribution in [3.8, 4) is 0 Å². The number of aliphatic hydroxyl groups excluding tert-OH is 1. The molecule has 4 rings (SSSR count). The van der Waals surface area contributed by atoms with Crippen LogP contribution in [0.25, 0.3) is 22.0 Å². The molecule has 116 valence electrons. The summed E-state index contributed by atoms with van der Waals surface area (Å²) in [7, 11) is 3.46. The molecule has 2 heterocycles. The Morgan fingerprint density at radius 1 is 1.00 bits per heavy atom. The van der Waals surface area contributed by atoms with E-state index in [1.807, 2.05) is 48.5 Å². The van der Waals surface area contributed by atoms with E-state index >= 15 is 0 Å². The Morgan fingerprint density at radius 2 is 1.74 bits per heavy atom. The van der Waals surface area contributed by atoms with E-state index in [9.17, 15) is 9.90 Å². The molecule has 4 aromatic rings. The molecule has 2 aromatic heterocycles. The van der Waals surface area contributed by atoms with E-state index in [-0.39, 0.29) is 5.69 Å². The molecule has 0 saturated heterocycles. The van der Waals surface area contributed by atoms with Gasteiger partial charge in [-0.1, -0.05) is 24.3 Å². The maximum atomic E-state index is 12.0. The molecule has 0 bridgehead atoms. The van der Waals surface area contributed by atoms with E-state index in [1.165, 1.54) is 0 Å². The zero-order valence-corrected chi connectivity index (χ0v) is 12.9. The number of aliphatic hydroxyl groups is 1. The van der Waals surface area contributed by atoms with Crippen LogP contribution in [-0.2, 0) is 14.1 Å². The van der Waals surface area contributed by atoms with Crippen molar-refractivity contribution in [2.24, 2.45) is 14.1 Å². The first-order chi connectivity index (χ1) is 11.1. The molecule has 0 aliphatic heterocycles. The van der Waals surface area contributed by atoms with Gasteiger partial charge in [0.15, 0.2) is 0 Å². The average molecular weight is 308 g/mol. The van der Waals surface area contributed by atoms with Crippen molar-refractivity contribution in [1.82, 2.24) is 9.13 Å². The van der Waals surface area contributed by atoms with Crippen molar-refractivity contribution >= 4 is 22.0 Å². The molecule has 0 aliphatic rings. The molecule has 1 atom stereocenters. The van der Waals surface area contributed by atoms with Gasteiger partial charge >= 0.3 is 5.69 Å². The predicted octanol–water partition coefficient (Wildman–Crippen LogP) is 2.70. The van der Waals surface area contributed by atoms with Gasteiger partial charge in [-0.2, -0.15) is 0 Å². The zero-order chi connectivity index (χ0) is 16.1. The Hall–Kier alpha value is -2.79. The van der Waals surface area contributed by atoms with Crippen LogP contribution in [0.5, 0.6) is 0 Å². The number of benzene rings is 2. The van der Waals surface area contributed by atoms with Gasteiger partial charge in [0.1, 0.15) is 17.4 Å². The number of rotatable bonds is 2. The molecule has 0 unspecified atom stereocenters. The van der Waals surface area contributed by atoms with Crippen molar-refractivity contribution < 1.29 is 9.52 Å². The largest absolute Gasteiger partial charge is 0.458 e. The molecule has 0 spiro atoms. The summed E-state index contributed by atoms with van der Waals surface area (Å²) in [4.78, 5) is 12.0. The van der Waals surface area contributed by atoms with Gasteiger partial charge in [-0.05, 0) is 29.8 Å². The minimum absolute atomic E-state index is 0.0876. The lowest BCUT2D eigenvalue weighted by atomic mass is 10.1. The Bertz CT molecular complexity index is 1050. The van der Waals surface area contributed by atoms with Crippen LogP contribution in [0.2, 0.25) is 0 Å². The number of para-hydroxylation sites is 1. The van der Waals surface area contributed by atoms with Gasteiger partial charge in [0.25, 0.3) is 0 Å². The minimum atomic E-state index is -0.873. The van der Waals surface area contributed by atoms with Gasteiger partial charge in [-0.25, -0.2) is 4.79 Å². The number of aryl methyl sites for hydroxylation is 2. The van der Waals surface area contributed by atoms with E-state index < -0.39 is 6.10 Å². The van der Waals surface area contributed by atoms with E-state index in [0.29, 0.717) is 11.3 Å². The minimum Gasteiger partial charge on any atom is -0.458 e. The number of nitrogens with zero attached hydrogens (tertiary/aromatic N) is 2. The SMILES string of the molecule is Cn1c(=O)n(C)c2cc([C@H](O)c3cc4ccccc4o3)ccc21. The highest BCUT2D eigenvalue weighted by atomic mass is 16.4. The van der Waals surface area contributed by atoms with Gasteiger partial charge in [0, 0.05) is 19.5 Å². The van der Waals surface area contributed by atoms with Gasteiger partial charge in [0.2, 0.25) is 0 Å². The number of fused-ring (bicyclic) bond motifs is 2. The summed E-state index contributed by atoms with van der Waals surface area (Å²) in [6.07, 6.45) is -0.873. The smallest absolute Gasteiger partial charge is 0.328 e. The number of hydrogen-bond donors (Lipinski definition) is 1. The van der Waals surface area contributed by atoms with Crippen molar-refractivity contribution in [1.29, 1.82) is 0 Å². The molecule has 0 radical (unpaired) electrons. The molecule has 0 aliphatic carbocycles. The molecule has 0 saturated carbocycles. The maximum Gasteiger partial charge on any atom is 0.328 e. The van der Waals surface area contributed by atoms with E-state index in [1.54, 1.807) is 23.2 Å². The Morgan fingerprint density at radius 3 is 2.52 bits per heavy atom.